The molecule has 0 saturated carbocycles. The summed E-state index contributed by atoms with van der Waals surface area (Å²) in [5.41, 5.74) is 1.30. The predicted octanol–water partition coefficient (Wildman–Crippen LogP) is 0.0259. The Bertz CT molecular complexity index is 1700. The molecule has 3 fully saturated rings. The molecule has 0 spiro atoms. The van der Waals surface area contributed by atoms with E-state index in [0.717, 1.165) is 29.9 Å². The standard InChI is InChI=1S/C37H50N10O8S2/c48-28(7-2-1-5-15-47-31(51)13-14-32(47)52)38-21-33(53)45-16-18-46(19-17-45)34(54)22-39-30(50)20-40-37(56)42-25-11-9-24(10-12-25)41-29(49)8-4-3-6-27-35-26(23-57-27)43-36(55)44-35/h9-14,26-27,35H,1-8,15-23H2,(H,38,48)(H,39,50)(H,41,49)(H2,40,42,56)(H2,43,44,55)/t26-,27-,35-/m0/s1. The molecule has 308 valence electrons. The Hall–Kier alpha value is -5.24. The van der Waals surface area contributed by atoms with Gasteiger partial charge in [0.25, 0.3) is 11.8 Å². The van der Waals surface area contributed by atoms with Gasteiger partial charge in [-0.25, -0.2) is 4.79 Å². The van der Waals surface area contributed by atoms with Crippen LogP contribution < -0.4 is 37.2 Å². The summed E-state index contributed by atoms with van der Waals surface area (Å²) in [5.74, 6) is -1.04. The van der Waals surface area contributed by atoms with Gasteiger partial charge in [-0.15, -0.1) is 0 Å². The summed E-state index contributed by atoms with van der Waals surface area (Å²) in [5, 5.41) is 20.4. The van der Waals surface area contributed by atoms with Crippen molar-refractivity contribution in [3.05, 3.63) is 36.4 Å². The van der Waals surface area contributed by atoms with E-state index >= 15 is 0 Å². The molecule has 5 rings (SSSR count). The number of carbonyl (C=O) groups is 8. The first kappa shape index (κ1) is 42.9. The van der Waals surface area contributed by atoms with Crippen LogP contribution in [0.1, 0.15) is 51.4 Å². The van der Waals surface area contributed by atoms with Crippen LogP contribution >= 0.6 is 24.0 Å². The summed E-state index contributed by atoms with van der Waals surface area (Å²) in [4.78, 5) is 101. The molecular weight excluding hydrogens is 777 g/mol. The Morgan fingerprint density at radius 3 is 1.91 bits per heavy atom. The van der Waals surface area contributed by atoms with Crippen molar-refractivity contribution < 1.29 is 38.4 Å². The minimum atomic E-state index is -0.433. The van der Waals surface area contributed by atoms with Crippen LogP contribution in [0.5, 0.6) is 0 Å². The molecule has 0 aliphatic carbocycles. The number of unbranched alkanes of at least 4 members (excludes halogenated alkanes) is 3. The Morgan fingerprint density at radius 2 is 1.26 bits per heavy atom. The summed E-state index contributed by atoms with van der Waals surface area (Å²) >= 11 is 7.16. The Morgan fingerprint density at radius 1 is 0.684 bits per heavy atom. The molecule has 1 aromatic carbocycles. The number of piperazine rings is 1. The summed E-state index contributed by atoms with van der Waals surface area (Å²) < 4.78 is 0. The number of hydrogen-bond acceptors (Lipinski definition) is 10. The maximum atomic E-state index is 12.7. The van der Waals surface area contributed by atoms with Gasteiger partial charge < -0.3 is 47.0 Å². The molecule has 57 heavy (non-hydrogen) atoms. The van der Waals surface area contributed by atoms with E-state index in [-0.39, 0.29) is 84.7 Å². The lowest BCUT2D eigenvalue weighted by atomic mass is 10.0. The van der Waals surface area contributed by atoms with Crippen LogP contribution in [0.2, 0.25) is 0 Å². The van der Waals surface area contributed by atoms with Gasteiger partial charge in [0.05, 0.1) is 31.7 Å². The number of nitrogens with one attached hydrogen (secondary N) is 7. The third kappa shape index (κ3) is 13.4. The minimum Gasteiger partial charge on any atom is -0.353 e. The molecule has 0 aromatic heterocycles. The van der Waals surface area contributed by atoms with Gasteiger partial charge in [-0.05, 0) is 62.2 Å². The van der Waals surface area contributed by atoms with Crippen LogP contribution in [0.4, 0.5) is 16.2 Å². The van der Waals surface area contributed by atoms with Crippen LogP contribution in [-0.2, 0) is 33.6 Å². The fourth-order valence-electron chi connectivity index (χ4n) is 6.78. The zero-order chi connectivity index (χ0) is 40.7. The van der Waals surface area contributed by atoms with Gasteiger partial charge in [-0.3, -0.25) is 38.5 Å². The molecule has 0 unspecified atom stereocenters. The molecule has 9 amide bonds. The van der Waals surface area contributed by atoms with Crippen molar-refractivity contribution in [2.24, 2.45) is 0 Å². The van der Waals surface area contributed by atoms with Crippen LogP contribution in [0.25, 0.3) is 0 Å². The Balaban J connectivity index is 0.860. The van der Waals surface area contributed by atoms with E-state index in [1.54, 1.807) is 34.1 Å². The maximum Gasteiger partial charge on any atom is 0.315 e. The third-order valence-electron chi connectivity index (χ3n) is 9.96. The Kier molecular flexibility index (Phi) is 16.1. The van der Waals surface area contributed by atoms with Crippen molar-refractivity contribution >= 4 is 87.8 Å². The van der Waals surface area contributed by atoms with Crippen molar-refractivity contribution in [2.75, 3.05) is 68.7 Å². The summed E-state index contributed by atoms with van der Waals surface area (Å²) in [6.07, 6.45) is 7.51. The minimum absolute atomic E-state index is 0.0747. The first-order valence-corrected chi connectivity index (χ1v) is 20.7. The molecule has 4 heterocycles. The van der Waals surface area contributed by atoms with Crippen molar-refractivity contribution in [3.8, 4) is 0 Å². The highest BCUT2D eigenvalue weighted by Gasteiger charge is 2.42. The van der Waals surface area contributed by atoms with Gasteiger partial charge in [0.15, 0.2) is 5.11 Å². The highest BCUT2D eigenvalue weighted by molar-refractivity contribution is 8.00. The lowest BCUT2D eigenvalue weighted by Gasteiger charge is -2.34. The molecular formula is C37H50N10O8S2. The summed E-state index contributed by atoms with van der Waals surface area (Å²) in [7, 11) is 0. The number of carbonyl (C=O) groups excluding carboxylic acids is 8. The number of imide groups is 1. The second-order valence-electron chi connectivity index (χ2n) is 14.1. The number of rotatable bonds is 19. The number of thiocarbonyl (C=S) groups is 1. The van der Waals surface area contributed by atoms with Crippen molar-refractivity contribution in [1.82, 2.24) is 41.3 Å². The molecule has 0 radical (unpaired) electrons. The Labute approximate surface area is 340 Å². The fourth-order valence-corrected chi connectivity index (χ4v) is 8.52. The number of thioether (sulfide) groups is 1. The van der Waals surface area contributed by atoms with Crippen molar-refractivity contribution in [2.45, 2.75) is 68.7 Å². The van der Waals surface area contributed by atoms with Gasteiger partial charge in [-0.2, -0.15) is 11.8 Å². The zero-order valence-corrected chi connectivity index (χ0v) is 33.3. The van der Waals surface area contributed by atoms with Crippen molar-refractivity contribution in [1.29, 1.82) is 0 Å². The SMILES string of the molecule is O=C(CCCCCN1C(=O)C=CC1=O)NCC(=O)N1CCN(C(=O)CNC(=O)CNC(=S)Nc2ccc(NC(=O)CCCC[C@@H]3SC[C@@H]4NC(=O)N[C@@H]43)cc2)CC1. The molecule has 7 N–H and O–H groups in total. The predicted molar refractivity (Wildman–Crippen MR) is 217 cm³/mol. The number of urea groups is 1. The molecule has 3 atom stereocenters. The van der Waals surface area contributed by atoms with Gasteiger partial charge >= 0.3 is 6.03 Å². The van der Waals surface area contributed by atoms with E-state index in [1.165, 1.54) is 12.2 Å². The number of anilines is 2. The van der Waals surface area contributed by atoms with Crippen molar-refractivity contribution in [3.63, 3.8) is 0 Å². The average Bonchev–Trinajstić information content (AvgIpc) is 3.87. The van der Waals surface area contributed by atoms with Gasteiger partial charge in [0, 0.05) is 80.1 Å². The zero-order valence-electron chi connectivity index (χ0n) is 31.6. The summed E-state index contributed by atoms with van der Waals surface area (Å²) in [6.45, 7) is 0.976. The maximum absolute atomic E-state index is 12.7. The molecule has 1 aromatic rings. The molecule has 20 heteroatoms. The normalized spacial score (nSPS) is 19.8. The fraction of sp³-hybridized carbons (Fsp3) is 0.541. The van der Waals surface area contributed by atoms with Gasteiger partial charge in [0.2, 0.25) is 29.5 Å². The van der Waals surface area contributed by atoms with E-state index in [4.69, 9.17) is 12.2 Å². The van der Waals surface area contributed by atoms with E-state index < -0.39 is 5.91 Å². The number of hydrogen-bond donors (Lipinski definition) is 7. The highest BCUT2D eigenvalue weighted by Crippen LogP contribution is 2.33. The molecule has 4 aliphatic heterocycles. The second-order valence-corrected chi connectivity index (χ2v) is 15.8. The van der Waals surface area contributed by atoms with Crippen LogP contribution in [0, 0.1) is 0 Å². The quantitative estimate of drug-likeness (QED) is 0.0424. The highest BCUT2D eigenvalue weighted by atomic mass is 32.2. The molecule has 18 nitrogen and oxygen atoms in total. The number of nitrogens with zero attached hydrogens (tertiary/aromatic N) is 3. The van der Waals surface area contributed by atoms with E-state index in [1.807, 2.05) is 11.8 Å². The largest absolute Gasteiger partial charge is 0.353 e. The first-order valence-electron chi connectivity index (χ1n) is 19.2. The van der Waals surface area contributed by atoms with Gasteiger partial charge in [0.1, 0.15) is 0 Å². The van der Waals surface area contributed by atoms with Crippen LogP contribution in [-0.4, -0.2) is 143 Å². The van der Waals surface area contributed by atoms with E-state index in [9.17, 15) is 38.4 Å². The smallest absolute Gasteiger partial charge is 0.315 e. The van der Waals surface area contributed by atoms with Gasteiger partial charge in [-0.1, -0.05) is 12.8 Å². The lowest BCUT2D eigenvalue weighted by Crippen LogP contribution is -2.54. The van der Waals surface area contributed by atoms with Crippen LogP contribution in [0.3, 0.4) is 0 Å². The second kappa shape index (κ2) is 21.3. The lowest BCUT2D eigenvalue weighted by molar-refractivity contribution is -0.139. The third-order valence-corrected chi connectivity index (χ3v) is 11.7. The van der Waals surface area contributed by atoms with E-state index in [0.29, 0.717) is 75.0 Å². The molecule has 0 bridgehead atoms. The number of benzene rings is 1. The van der Waals surface area contributed by atoms with E-state index in [2.05, 4.69) is 37.2 Å². The molecule has 4 aliphatic rings. The average molecular weight is 827 g/mol. The first-order chi connectivity index (χ1) is 27.4. The number of fused-ring (bicyclic) bond motifs is 1. The number of amides is 9. The van der Waals surface area contributed by atoms with Crippen LogP contribution in [0.15, 0.2) is 36.4 Å². The topological polar surface area (TPSA) is 230 Å². The monoisotopic (exact) mass is 826 g/mol. The molecule has 3 saturated heterocycles. The summed E-state index contributed by atoms with van der Waals surface area (Å²) in [6, 6.07) is 7.26.